The standard InChI is InChI=1S/C10H8ClNO4/c1-16-10(13)5-2-7-6-8(12(14)15)3-4-9(7)11/h2-6H,1H3/b5-2+. The molecule has 0 heterocycles. The van der Waals surface area contributed by atoms with Gasteiger partial charge in [-0.05, 0) is 12.1 Å². The normalized spacial score (nSPS) is 10.4. The summed E-state index contributed by atoms with van der Waals surface area (Å²) in [4.78, 5) is 20.8. The van der Waals surface area contributed by atoms with Crippen LogP contribution in [0.15, 0.2) is 24.3 Å². The third-order valence-electron chi connectivity index (χ3n) is 1.79. The van der Waals surface area contributed by atoms with Crippen molar-refractivity contribution in [3.63, 3.8) is 0 Å². The van der Waals surface area contributed by atoms with Crippen LogP contribution in [0.5, 0.6) is 0 Å². The number of ether oxygens (including phenoxy) is 1. The van der Waals surface area contributed by atoms with Crippen molar-refractivity contribution in [2.45, 2.75) is 0 Å². The van der Waals surface area contributed by atoms with Gasteiger partial charge in [-0.15, -0.1) is 0 Å². The SMILES string of the molecule is COC(=O)/C=C/c1cc([N+](=O)[O-])ccc1Cl. The van der Waals surface area contributed by atoms with Crippen molar-refractivity contribution in [1.29, 1.82) is 0 Å². The van der Waals surface area contributed by atoms with E-state index in [9.17, 15) is 14.9 Å². The maximum absolute atomic E-state index is 10.8. The first-order valence-electron chi connectivity index (χ1n) is 4.24. The number of hydrogen-bond donors (Lipinski definition) is 0. The average molecular weight is 242 g/mol. The maximum Gasteiger partial charge on any atom is 0.330 e. The van der Waals surface area contributed by atoms with Crippen LogP contribution in [0.3, 0.4) is 0 Å². The van der Waals surface area contributed by atoms with E-state index < -0.39 is 10.9 Å². The number of non-ortho nitro benzene ring substituents is 1. The Balaban J connectivity index is 3.03. The summed E-state index contributed by atoms with van der Waals surface area (Å²) in [6, 6.07) is 3.97. The van der Waals surface area contributed by atoms with Gasteiger partial charge in [0.05, 0.1) is 12.0 Å². The van der Waals surface area contributed by atoms with Gasteiger partial charge < -0.3 is 4.74 Å². The van der Waals surface area contributed by atoms with Crippen LogP contribution in [0.2, 0.25) is 5.02 Å². The van der Waals surface area contributed by atoms with Crippen molar-refractivity contribution < 1.29 is 14.5 Å². The van der Waals surface area contributed by atoms with Gasteiger partial charge >= 0.3 is 5.97 Å². The Morgan fingerprint density at radius 2 is 2.25 bits per heavy atom. The largest absolute Gasteiger partial charge is 0.466 e. The van der Waals surface area contributed by atoms with E-state index in [1.165, 1.54) is 31.4 Å². The number of halogens is 1. The number of benzene rings is 1. The molecule has 0 bridgehead atoms. The van der Waals surface area contributed by atoms with Gasteiger partial charge in [-0.25, -0.2) is 4.79 Å². The minimum Gasteiger partial charge on any atom is -0.466 e. The molecule has 0 N–H and O–H groups in total. The number of rotatable bonds is 3. The van der Waals surface area contributed by atoms with Crippen LogP contribution in [0, 0.1) is 10.1 Å². The zero-order chi connectivity index (χ0) is 12.1. The summed E-state index contributed by atoms with van der Waals surface area (Å²) in [5.74, 6) is -0.553. The number of carbonyl (C=O) groups is 1. The number of esters is 1. The monoisotopic (exact) mass is 241 g/mol. The fourth-order valence-corrected chi connectivity index (χ4v) is 1.18. The van der Waals surface area contributed by atoms with Gasteiger partial charge in [-0.3, -0.25) is 10.1 Å². The van der Waals surface area contributed by atoms with Crippen molar-refractivity contribution in [1.82, 2.24) is 0 Å². The molecule has 0 saturated carbocycles. The fourth-order valence-electron chi connectivity index (χ4n) is 0.998. The smallest absolute Gasteiger partial charge is 0.330 e. The molecule has 6 heteroatoms. The molecule has 0 spiro atoms. The Kier molecular flexibility index (Phi) is 4.02. The van der Waals surface area contributed by atoms with Crippen LogP contribution in [0.1, 0.15) is 5.56 Å². The summed E-state index contributed by atoms with van der Waals surface area (Å²) in [7, 11) is 1.24. The zero-order valence-corrected chi connectivity index (χ0v) is 9.10. The molecule has 1 aromatic rings. The van der Waals surface area contributed by atoms with Gasteiger partial charge in [0.25, 0.3) is 5.69 Å². The summed E-state index contributed by atoms with van der Waals surface area (Å²) in [6.45, 7) is 0. The zero-order valence-electron chi connectivity index (χ0n) is 8.34. The van der Waals surface area contributed by atoms with E-state index in [-0.39, 0.29) is 5.69 Å². The van der Waals surface area contributed by atoms with Crippen LogP contribution in [-0.2, 0) is 9.53 Å². The number of nitrogens with zero attached hydrogens (tertiary/aromatic N) is 1. The van der Waals surface area contributed by atoms with Crippen molar-refractivity contribution >= 4 is 29.3 Å². The van der Waals surface area contributed by atoms with Crippen LogP contribution in [-0.4, -0.2) is 18.0 Å². The van der Waals surface area contributed by atoms with E-state index in [2.05, 4.69) is 4.74 Å². The Morgan fingerprint density at radius 1 is 1.56 bits per heavy atom. The van der Waals surface area contributed by atoms with Gasteiger partial charge in [-0.1, -0.05) is 11.6 Å². The first-order chi connectivity index (χ1) is 7.54. The molecule has 0 atom stereocenters. The second kappa shape index (κ2) is 5.27. The quantitative estimate of drug-likeness (QED) is 0.353. The predicted molar refractivity (Wildman–Crippen MR) is 59.2 cm³/mol. The van der Waals surface area contributed by atoms with Crippen molar-refractivity contribution in [3.05, 3.63) is 45.0 Å². The average Bonchev–Trinajstić information content (AvgIpc) is 2.27. The van der Waals surface area contributed by atoms with E-state index in [1.807, 2.05) is 0 Å². The molecule has 0 radical (unpaired) electrons. The molecule has 0 fully saturated rings. The van der Waals surface area contributed by atoms with Gasteiger partial charge in [0.15, 0.2) is 0 Å². The number of nitro groups is 1. The van der Waals surface area contributed by atoms with Crippen LogP contribution in [0.4, 0.5) is 5.69 Å². The lowest BCUT2D eigenvalue weighted by Gasteiger charge is -1.98. The van der Waals surface area contributed by atoms with Crippen LogP contribution < -0.4 is 0 Å². The third-order valence-corrected chi connectivity index (χ3v) is 2.13. The Hall–Kier alpha value is -1.88. The van der Waals surface area contributed by atoms with Crippen LogP contribution in [0.25, 0.3) is 6.08 Å². The molecular formula is C10H8ClNO4. The molecule has 0 aliphatic carbocycles. The molecule has 1 rings (SSSR count). The molecule has 0 aliphatic heterocycles. The summed E-state index contributed by atoms with van der Waals surface area (Å²) < 4.78 is 4.39. The van der Waals surface area contributed by atoms with Gasteiger partial charge in [-0.2, -0.15) is 0 Å². The lowest BCUT2D eigenvalue weighted by molar-refractivity contribution is -0.384. The lowest BCUT2D eigenvalue weighted by Crippen LogP contribution is -1.94. The summed E-state index contributed by atoms with van der Waals surface area (Å²) >= 11 is 5.80. The highest BCUT2D eigenvalue weighted by Crippen LogP contribution is 2.23. The number of carbonyl (C=O) groups excluding carboxylic acids is 1. The maximum atomic E-state index is 10.8. The van der Waals surface area contributed by atoms with E-state index in [4.69, 9.17) is 11.6 Å². The van der Waals surface area contributed by atoms with E-state index in [0.717, 1.165) is 6.08 Å². The summed E-state index contributed by atoms with van der Waals surface area (Å²) in [5, 5.41) is 10.8. The highest BCUT2D eigenvalue weighted by atomic mass is 35.5. The predicted octanol–water partition coefficient (Wildman–Crippen LogP) is 2.43. The number of methoxy groups -OCH3 is 1. The first kappa shape index (κ1) is 12.2. The Labute approximate surface area is 96.4 Å². The first-order valence-corrected chi connectivity index (χ1v) is 4.62. The van der Waals surface area contributed by atoms with Gasteiger partial charge in [0.1, 0.15) is 0 Å². The van der Waals surface area contributed by atoms with E-state index in [0.29, 0.717) is 10.6 Å². The topological polar surface area (TPSA) is 69.4 Å². The molecule has 0 aliphatic rings. The van der Waals surface area contributed by atoms with Crippen molar-refractivity contribution in [2.24, 2.45) is 0 Å². The molecule has 0 amide bonds. The molecule has 0 saturated heterocycles. The minimum atomic E-state index is -0.553. The summed E-state index contributed by atoms with van der Waals surface area (Å²) in [6.07, 6.45) is 2.51. The van der Waals surface area contributed by atoms with Crippen molar-refractivity contribution in [3.8, 4) is 0 Å². The van der Waals surface area contributed by atoms with Gasteiger partial charge in [0.2, 0.25) is 0 Å². The molecule has 84 valence electrons. The molecule has 0 unspecified atom stereocenters. The van der Waals surface area contributed by atoms with Gasteiger partial charge in [0, 0.05) is 28.8 Å². The highest BCUT2D eigenvalue weighted by molar-refractivity contribution is 6.32. The number of hydrogen-bond acceptors (Lipinski definition) is 4. The molecule has 0 aromatic heterocycles. The third kappa shape index (κ3) is 3.06. The highest BCUT2D eigenvalue weighted by Gasteiger charge is 2.07. The lowest BCUT2D eigenvalue weighted by atomic mass is 10.2. The fraction of sp³-hybridized carbons (Fsp3) is 0.100. The number of nitro benzene ring substituents is 1. The second-order valence-electron chi connectivity index (χ2n) is 2.82. The minimum absolute atomic E-state index is 0.0890. The summed E-state index contributed by atoms with van der Waals surface area (Å²) in [5.41, 5.74) is 0.301. The van der Waals surface area contributed by atoms with Crippen LogP contribution >= 0.6 is 11.6 Å². The Morgan fingerprint density at radius 3 is 2.81 bits per heavy atom. The molecule has 16 heavy (non-hydrogen) atoms. The van der Waals surface area contributed by atoms with Crippen molar-refractivity contribution in [2.75, 3.05) is 7.11 Å². The van der Waals surface area contributed by atoms with E-state index in [1.54, 1.807) is 0 Å². The second-order valence-corrected chi connectivity index (χ2v) is 3.23. The molecular weight excluding hydrogens is 234 g/mol. The van der Waals surface area contributed by atoms with E-state index >= 15 is 0 Å². The molecule has 1 aromatic carbocycles. The molecule has 5 nitrogen and oxygen atoms in total. The Bertz CT molecular complexity index is 456.